The molecule has 0 saturated carbocycles. The number of furan rings is 1. The van der Waals surface area contributed by atoms with Gasteiger partial charge in [-0.15, -0.1) is 11.3 Å². The fourth-order valence-corrected chi connectivity index (χ4v) is 3.53. The summed E-state index contributed by atoms with van der Waals surface area (Å²) in [5, 5.41) is 1.96. The molecule has 18 heavy (non-hydrogen) atoms. The molecule has 0 amide bonds. The fourth-order valence-electron chi connectivity index (χ4n) is 1.57. The third-order valence-corrected chi connectivity index (χ3v) is 4.87. The van der Waals surface area contributed by atoms with Gasteiger partial charge in [0.2, 0.25) is 10.0 Å². The Kier molecular flexibility index (Phi) is 4.21. The molecule has 0 unspecified atom stereocenters. The fraction of sp³-hybridized carbons (Fsp3) is 0.333. The molecule has 2 heterocycles. The minimum absolute atomic E-state index is 0.170. The van der Waals surface area contributed by atoms with Crippen LogP contribution in [-0.4, -0.2) is 14.2 Å². The Morgan fingerprint density at radius 3 is 2.94 bits per heavy atom. The van der Waals surface area contributed by atoms with Gasteiger partial charge in [-0.3, -0.25) is 0 Å². The number of hydrogen-bond acceptors (Lipinski definition) is 4. The van der Waals surface area contributed by atoms with Crippen LogP contribution in [0.25, 0.3) is 11.3 Å². The second kappa shape index (κ2) is 5.69. The van der Waals surface area contributed by atoms with Gasteiger partial charge in [0.1, 0.15) is 5.76 Å². The third-order valence-electron chi connectivity index (χ3n) is 2.40. The molecule has 2 rings (SSSR count). The molecular formula is C12H15NO3S2. The van der Waals surface area contributed by atoms with Gasteiger partial charge in [0.05, 0.1) is 12.0 Å². The Bertz CT molecular complexity index is 585. The highest BCUT2D eigenvalue weighted by Crippen LogP contribution is 2.25. The lowest BCUT2D eigenvalue weighted by Gasteiger charge is -2.02. The topological polar surface area (TPSA) is 59.3 Å². The standard InChI is InChI=1S/C12H15NO3S2/c1-2-6-18(14,15)13-8-11-7-10(9-17-11)12-4-3-5-16-12/h3-5,7,9,13H,2,6,8H2,1H3. The Morgan fingerprint density at radius 2 is 2.28 bits per heavy atom. The number of nitrogens with one attached hydrogen (secondary N) is 1. The maximum atomic E-state index is 11.5. The molecule has 0 aliphatic rings. The summed E-state index contributed by atoms with van der Waals surface area (Å²) in [4.78, 5) is 0.973. The number of thiophene rings is 1. The molecule has 0 saturated heterocycles. The van der Waals surface area contributed by atoms with Crippen LogP contribution in [0.2, 0.25) is 0 Å². The highest BCUT2D eigenvalue weighted by Gasteiger charge is 2.10. The SMILES string of the molecule is CCCS(=O)(=O)NCc1cc(-c2ccco2)cs1. The summed E-state index contributed by atoms with van der Waals surface area (Å²) in [6.45, 7) is 2.19. The second-order valence-electron chi connectivity index (χ2n) is 3.92. The maximum absolute atomic E-state index is 11.5. The zero-order valence-corrected chi connectivity index (χ0v) is 11.7. The molecular weight excluding hydrogens is 270 g/mol. The Labute approximate surface area is 111 Å². The van der Waals surface area contributed by atoms with Gasteiger partial charge >= 0.3 is 0 Å². The quantitative estimate of drug-likeness (QED) is 0.888. The molecule has 4 nitrogen and oxygen atoms in total. The van der Waals surface area contributed by atoms with Crippen LogP contribution in [0, 0.1) is 0 Å². The van der Waals surface area contributed by atoms with Crippen molar-refractivity contribution < 1.29 is 12.8 Å². The molecule has 1 N–H and O–H groups in total. The van der Waals surface area contributed by atoms with Crippen molar-refractivity contribution in [2.24, 2.45) is 0 Å². The largest absolute Gasteiger partial charge is 0.464 e. The Hall–Kier alpha value is -1.11. The van der Waals surface area contributed by atoms with Crippen LogP contribution in [0.1, 0.15) is 18.2 Å². The van der Waals surface area contributed by atoms with Crippen LogP contribution >= 0.6 is 11.3 Å². The average molecular weight is 285 g/mol. The van der Waals surface area contributed by atoms with E-state index in [9.17, 15) is 8.42 Å². The van der Waals surface area contributed by atoms with Gasteiger partial charge in [-0.25, -0.2) is 13.1 Å². The van der Waals surface area contributed by atoms with Crippen LogP contribution in [0.3, 0.4) is 0 Å². The Morgan fingerprint density at radius 1 is 1.44 bits per heavy atom. The van der Waals surface area contributed by atoms with E-state index in [1.54, 1.807) is 6.26 Å². The summed E-state index contributed by atoms with van der Waals surface area (Å²) in [5.41, 5.74) is 0.981. The van der Waals surface area contributed by atoms with Gasteiger partial charge in [-0.1, -0.05) is 6.92 Å². The van der Waals surface area contributed by atoms with E-state index in [1.807, 2.05) is 30.5 Å². The van der Waals surface area contributed by atoms with Crippen molar-refractivity contribution in [1.82, 2.24) is 4.72 Å². The molecule has 0 aliphatic heterocycles. The molecule has 0 bridgehead atoms. The molecule has 2 aromatic heterocycles. The number of hydrogen-bond donors (Lipinski definition) is 1. The van der Waals surface area contributed by atoms with E-state index in [0.29, 0.717) is 13.0 Å². The van der Waals surface area contributed by atoms with E-state index in [1.165, 1.54) is 11.3 Å². The Balaban J connectivity index is 2.00. The van der Waals surface area contributed by atoms with E-state index >= 15 is 0 Å². The molecule has 0 atom stereocenters. The van der Waals surface area contributed by atoms with Gasteiger partial charge < -0.3 is 4.42 Å². The summed E-state index contributed by atoms with van der Waals surface area (Å²) in [7, 11) is -3.14. The smallest absolute Gasteiger partial charge is 0.211 e. The highest BCUT2D eigenvalue weighted by atomic mass is 32.2. The predicted molar refractivity (Wildman–Crippen MR) is 72.9 cm³/mol. The highest BCUT2D eigenvalue weighted by molar-refractivity contribution is 7.89. The van der Waals surface area contributed by atoms with Crippen molar-refractivity contribution in [3.8, 4) is 11.3 Å². The van der Waals surface area contributed by atoms with Crippen LogP contribution in [0.5, 0.6) is 0 Å². The van der Waals surface area contributed by atoms with Gasteiger partial charge in [0.25, 0.3) is 0 Å². The first-order valence-corrected chi connectivity index (χ1v) is 8.22. The summed E-state index contributed by atoms with van der Waals surface area (Å²) in [6, 6.07) is 5.65. The monoisotopic (exact) mass is 285 g/mol. The molecule has 2 aromatic rings. The summed E-state index contributed by atoms with van der Waals surface area (Å²) in [5.74, 6) is 0.970. The van der Waals surface area contributed by atoms with Crippen LogP contribution in [0.4, 0.5) is 0 Å². The van der Waals surface area contributed by atoms with Crippen molar-refractivity contribution in [3.63, 3.8) is 0 Å². The van der Waals surface area contributed by atoms with E-state index in [-0.39, 0.29) is 5.75 Å². The number of sulfonamides is 1. The van der Waals surface area contributed by atoms with Crippen molar-refractivity contribution in [3.05, 3.63) is 34.7 Å². The zero-order valence-electron chi connectivity index (χ0n) is 10.0. The van der Waals surface area contributed by atoms with Crippen molar-refractivity contribution in [2.45, 2.75) is 19.9 Å². The van der Waals surface area contributed by atoms with E-state index in [4.69, 9.17) is 4.42 Å². The molecule has 0 spiro atoms. The first kappa shape index (κ1) is 13.3. The van der Waals surface area contributed by atoms with Gasteiger partial charge in [-0.05, 0) is 24.6 Å². The maximum Gasteiger partial charge on any atom is 0.211 e. The third kappa shape index (κ3) is 3.44. The van der Waals surface area contributed by atoms with Gasteiger partial charge in [0.15, 0.2) is 0 Å². The number of rotatable bonds is 6. The lowest BCUT2D eigenvalue weighted by Crippen LogP contribution is -2.25. The molecule has 0 aromatic carbocycles. The van der Waals surface area contributed by atoms with E-state index in [2.05, 4.69) is 4.72 Å². The van der Waals surface area contributed by atoms with Gasteiger partial charge in [-0.2, -0.15) is 0 Å². The van der Waals surface area contributed by atoms with Gasteiger partial charge in [0, 0.05) is 22.4 Å². The molecule has 6 heteroatoms. The lowest BCUT2D eigenvalue weighted by atomic mass is 10.2. The first-order chi connectivity index (χ1) is 8.61. The summed E-state index contributed by atoms with van der Waals surface area (Å²) in [6.07, 6.45) is 2.24. The minimum Gasteiger partial charge on any atom is -0.464 e. The van der Waals surface area contributed by atoms with E-state index < -0.39 is 10.0 Å². The van der Waals surface area contributed by atoms with Crippen LogP contribution < -0.4 is 4.72 Å². The average Bonchev–Trinajstić information content (AvgIpc) is 2.97. The molecule has 0 radical (unpaired) electrons. The first-order valence-electron chi connectivity index (χ1n) is 5.69. The van der Waals surface area contributed by atoms with E-state index in [0.717, 1.165) is 16.2 Å². The predicted octanol–water partition coefficient (Wildman–Crippen LogP) is 2.84. The molecule has 0 aliphatic carbocycles. The second-order valence-corrected chi connectivity index (χ2v) is 6.84. The normalized spacial score (nSPS) is 11.8. The van der Waals surface area contributed by atoms with Crippen molar-refractivity contribution in [1.29, 1.82) is 0 Å². The van der Waals surface area contributed by atoms with Crippen LogP contribution in [-0.2, 0) is 16.6 Å². The zero-order chi connectivity index (χ0) is 13.0. The summed E-state index contributed by atoms with van der Waals surface area (Å²) < 4.78 is 30.9. The van der Waals surface area contributed by atoms with Crippen molar-refractivity contribution >= 4 is 21.4 Å². The minimum atomic E-state index is -3.14. The van der Waals surface area contributed by atoms with Crippen LogP contribution in [0.15, 0.2) is 34.3 Å². The molecule has 98 valence electrons. The van der Waals surface area contributed by atoms with Crippen molar-refractivity contribution in [2.75, 3.05) is 5.75 Å². The lowest BCUT2D eigenvalue weighted by molar-refractivity contribution is 0.580. The summed E-state index contributed by atoms with van der Waals surface area (Å²) >= 11 is 1.52. The molecule has 0 fully saturated rings.